The van der Waals surface area contributed by atoms with Crippen LogP contribution in [0.15, 0.2) is 46.0 Å². The number of nitrogens with one attached hydrogen (secondary N) is 2. The van der Waals surface area contributed by atoms with E-state index in [1.807, 2.05) is 37.3 Å². The SMILES string of the molecule is CCNC(=NCc1ccc(OCCO)c(OC)c1)NCc1ccco1.I. The molecule has 0 aliphatic carbocycles. The molecule has 2 rings (SSSR count). The van der Waals surface area contributed by atoms with Gasteiger partial charge in [0.25, 0.3) is 0 Å². The Hall–Kier alpha value is -1.94. The van der Waals surface area contributed by atoms with Crippen LogP contribution in [-0.4, -0.2) is 37.9 Å². The number of furan rings is 1. The van der Waals surface area contributed by atoms with Gasteiger partial charge in [0.2, 0.25) is 0 Å². The van der Waals surface area contributed by atoms with E-state index in [1.54, 1.807) is 13.4 Å². The molecule has 144 valence electrons. The Morgan fingerprint density at radius 3 is 2.73 bits per heavy atom. The minimum absolute atomic E-state index is 0. The largest absolute Gasteiger partial charge is 0.493 e. The summed E-state index contributed by atoms with van der Waals surface area (Å²) in [4.78, 5) is 4.57. The molecule has 0 atom stereocenters. The maximum absolute atomic E-state index is 8.86. The molecule has 0 saturated heterocycles. The maximum Gasteiger partial charge on any atom is 0.191 e. The van der Waals surface area contributed by atoms with Crippen LogP contribution in [0.2, 0.25) is 0 Å². The van der Waals surface area contributed by atoms with Crippen molar-refractivity contribution in [3.05, 3.63) is 47.9 Å². The molecule has 0 fully saturated rings. The van der Waals surface area contributed by atoms with Crippen molar-refractivity contribution < 1.29 is 19.0 Å². The van der Waals surface area contributed by atoms with E-state index in [9.17, 15) is 0 Å². The smallest absolute Gasteiger partial charge is 0.191 e. The maximum atomic E-state index is 8.86. The Kier molecular flexibility index (Phi) is 10.6. The van der Waals surface area contributed by atoms with Crippen molar-refractivity contribution in [2.45, 2.75) is 20.0 Å². The number of rotatable bonds is 9. The summed E-state index contributed by atoms with van der Waals surface area (Å²) in [6, 6.07) is 9.39. The minimum Gasteiger partial charge on any atom is -0.493 e. The normalized spacial score (nSPS) is 10.8. The van der Waals surface area contributed by atoms with Gasteiger partial charge in [0.1, 0.15) is 12.4 Å². The molecule has 8 heteroatoms. The van der Waals surface area contributed by atoms with Gasteiger partial charge in [0, 0.05) is 6.54 Å². The van der Waals surface area contributed by atoms with E-state index in [-0.39, 0.29) is 37.2 Å². The van der Waals surface area contributed by atoms with Crippen LogP contribution in [0.25, 0.3) is 0 Å². The van der Waals surface area contributed by atoms with Gasteiger partial charge in [-0.25, -0.2) is 4.99 Å². The first-order chi connectivity index (χ1) is 12.3. The number of hydrogen-bond donors (Lipinski definition) is 3. The van der Waals surface area contributed by atoms with Gasteiger partial charge in [0.05, 0.1) is 33.1 Å². The molecule has 0 radical (unpaired) electrons. The number of methoxy groups -OCH3 is 1. The van der Waals surface area contributed by atoms with E-state index in [4.69, 9.17) is 19.0 Å². The van der Waals surface area contributed by atoms with Crippen LogP contribution in [0.4, 0.5) is 0 Å². The third kappa shape index (κ3) is 7.12. The Morgan fingerprint density at radius 2 is 2.08 bits per heavy atom. The van der Waals surface area contributed by atoms with Crippen LogP contribution >= 0.6 is 24.0 Å². The molecule has 0 unspecified atom stereocenters. The number of benzene rings is 1. The highest BCUT2D eigenvalue weighted by Crippen LogP contribution is 2.28. The van der Waals surface area contributed by atoms with E-state index in [0.717, 1.165) is 17.9 Å². The molecule has 0 aliphatic rings. The Balaban J connectivity index is 0.00000338. The summed E-state index contributed by atoms with van der Waals surface area (Å²) >= 11 is 0. The van der Waals surface area contributed by atoms with Crippen LogP contribution in [0, 0.1) is 0 Å². The van der Waals surface area contributed by atoms with E-state index < -0.39 is 0 Å². The number of ether oxygens (including phenoxy) is 2. The van der Waals surface area contributed by atoms with Crippen LogP contribution in [-0.2, 0) is 13.1 Å². The predicted octanol–water partition coefficient (Wildman–Crippen LogP) is 2.53. The highest BCUT2D eigenvalue weighted by molar-refractivity contribution is 14.0. The molecular formula is C18H26IN3O4. The average molecular weight is 475 g/mol. The van der Waals surface area contributed by atoms with Gasteiger partial charge < -0.3 is 29.6 Å². The lowest BCUT2D eigenvalue weighted by Crippen LogP contribution is -2.36. The lowest BCUT2D eigenvalue weighted by molar-refractivity contribution is 0.196. The van der Waals surface area contributed by atoms with E-state index in [0.29, 0.717) is 30.5 Å². The lowest BCUT2D eigenvalue weighted by Gasteiger charge is -2.12. The monoisotopic (exact) mass is 475 g/mol. The van der Waals surface area contributed by atoms with Gasteiger partial charge >= 0.3 is 0 Å². The molecule has 0 spiro atoms. The summed E-state index contributed by atoms with van der Waals surface area (Å²) in [5, 5.41) is 15.3. The summed E-state index contributed by atoms with van der Waals surface area (Å²) in [6.45, 7) is 4.03. The zero-order valence-corrected chi connectivity index (χ0v) is 17.4. The van der Waals surface area contributed by atoms with Crippen molar-refractivity contribution in [2.24, 2.45) is 4.99 Å². The first-order valence-corrected chi connectivity index (χ1v) is 8.22. The summed E-state index contributed by atoms with van der Waals surface area (Å²) in [6.07, 6.45) is 1.65. The Morgan fingerprint density at radius 1 is 1.23 bits per heavy atom. The van der Waals surface area contributed by atoms with Crippen LogP contribution < -0.4 is 20.1 Å². The minimum atomic E-state index is -0.0391. The third-order valence-electron chi connectivity index (χ3n) is 3.35. The van der Waals surface area contributed by atoms with E-state index >= 15 is 0 Å². The predicted molar refractivity (Wildman–Crippen MR) is 111 cm³/mol. The highest BCUT2D eigenvalue weighted by Gasteiger charge is 2.06. The first-order valence-electron chi connectivity index (χ1n) is 8.22. The van der Waals surface area contributed by atoms with Crippen LogP contribution in [0.1, 0.15) is 18.2 Å². The number of hydrogen-bond acceptors (Lipinski definition) is 5. The standard InChI is InChI=1S/C18H25N3O4.HI/c1-3-19-18(21-13-15-5-4-9-24-15)20-12-14-6-7-16(25-10-8-22)17(11-14)23-2;/h4-7,9,11,22H,3,8,10,12-13H2,1-2H3,(H2,19,20,21);1H. The second kappa shape index (κ2) is 12.4. The molecule has 26 heavy (non-hydrogen) atoms. The molecule has 0 bridgehead atoms. The summed E-state index contributed by atoms with van der Waals surface area (Å²) in [7, 11) is 1.59. The quantitative estimate of drug-likeness (QED) is 0.294. The summed E-state index contributed by atoms with van der Waals surface area (Å²) in [5.41, 5.74) is 0.989. The number of nitrogens with zero attached hydrogens (tertiary/aromatic N) is 1. The Bertz CT molecular complexity index is 662. The fraction of sp³-hybridized carbons (Fsp3) is 0.389. The van der Waals surface area contributed by atoms with Gasteiger partial charge in [-0.1, -0.05) is 6.07 Å². The third-order valence-corrected chi connectivity index (χ3v) is 3.35. The van der Waals surface area contributed by atoms with Gasteiger partial charge in [-0.2, -0.15) is 0 Å². The molecular weight excluding hydrogens is 449 g/mol. The van der Waals surface area contributed by atoms with Crippen molar-refractivity contribution >= 4 is 29.9 Å². The van der Waals surface area contributed by atoms with Crippen molar-refractivity contribution in [1.29, 1.82) is 0 Å². The fourth-order valence-corrected chi connectivity index (χ4v) is 2.18. The van der Waals surface area contributed by atoms with Crippen molar-refractivity contribution in [3.63, 3.8) is 0 Å². The summed E-state index contributed by atoms with van der Waals surface area (Å²) < 4.78 is 16.1. The summed E-state index contributed by atoms with van der Waals surface area (Å²) in [5.74, 6) is 2.78. The number of aliphatic hydroxyl groups excluding tert-OH is 1. The Labute approximate surface area is 170 Å². The second-order valence-corrected chi connectivity index (χ2v) is 5.19. The van der Waals surface area contributed by atoms with Crippen molar-refractivity contribution in [2.75, 3.05) is 26.9 Å². The lowest BCUT2D eigenvalue weighted by atomic mass is 10.2. The number of guanidine groups is 1. The molecule has 0 aliphatic heterocycles. The molecule has 7 nitrogen and oxygen atoms in total. The zero-order valence-electron chi connectivity index (χ0n) is 15.0. The van der Waals surface area contributed by atoms with Crippen LogP contribution in [0.5, 0.6) is 11.5 Å². The van der Waals surface area contributed by atoms with E-state index in [1.165, 1.54) is 0 Å². The molecule has 1 heterocycles. The van der Waals surface area contributed by atoms with Gasteiger partial charge in [-0.3, -0.25) is 0 Å². The second-order valence-electron chi connectivity index (χ2n) is 5.19. The fourth-order valence-electron chi connectivity index (χ4n) is 2.18. The number of aliphatic imine (C=N–C) groups is 1. The molecule has 0 saturated carbocycles. The highest BCUT2D eigenvalue weighted by atomic mass is 127. The van der Waals surface area contributed by atoms with Crippen LogP contribution in [0.3, 0.4) is 0 Å². The number of halogens is 1. The molecule has 2 aromatic rings. The molecule has 3 N–H and O–H groups in total. The topological polar surface area (TPSA) is 88.3 Å². The van der Waals surface area contributed by atoms with Crippen molar-refractivity contribution in [1.82, 2.24) is 10.6 Å². The average Bonchev–Trinajstić information content (AvgIpc) is 3.16. The molecule has 0 amide bonds. The van der Waals surface area contributed by atoms with Crippen molar-refractivity contribution in [3.8, 4) is 11.5 Å². The molecule has 1 aromatic carbocycles. The zero-order chi connectivity index (χ0) is 17.9. The first kappa shape index (κ1) is 22.1. The van der Waals surface area contributed by atoms with Gasteiger partial charge in [0.15, 0.2) is 17.5 Å². The van der Waals surface area contributed by atoms with Gasteiger partial charge in [-0.05, 0) is 36.8 Å². The van der Waals surface area contributed by atoms with Gasteiger partial charge in [-0.15, -0.1) is 24.0 Å². The van der Waals surface area contributed by atoms with E-state index in [2.05, 4.69) is 15.6 Å². The molecule has 1 aromatic heterocycles. The number of aliphatic hydroxyl groups is 1.